The maximum Gasteiger partial charge on any atom is 0.270 e. The summed E-state index contributed by atoms with van der Waals surface area (Å²) in [5.41, 5.74) is 4.91. The van der Waals surface area contributed by atoms with Gasteiger partial charge in [-0.05, 0) is 48.9 Å². The molecule has 4 N–H and O–H groups in total. The number of anilines is 1. The number of hydrogen-bond donors (Lipinski definition) is 4. The molecule has 0 fully saturated rings. The summed E-state index contributed by atoms with van der Waals surface area (Å²) in [5.74, 6) is -0.598. The number of likely N-dealkylation sites (N-methyl/N-ethyl adjacent to an activating group) is 1. The topological polar surface area (TPSA) is 111 Å². The molecule has 0 saturated carbocycles. The van der Waals surface area contributed by atoms with Crippen LogP contribution in [0.4, 0.5) is 5.69 Å². The van der Waals surface area contributed by atoms with Gasteiger partial charge in [-0.25, -0.2) is 13.9 Å². The van der Waals surface area contributed by atoms with E-state index in [9.17, 15) is 13.2 Å². The van der Waals surface area contributed by atoms with Crippen molar-refractivity contribution >= 4 is 21.6 Å². The van der Waals surface area contributed by atoms with Gasteiger partial charge in [0.1, 0.15) is 0 Å². The first-order chi connectivity index (χ1) is 14.5. The Balaban J connectivity index is 1.69. The molecule has 9 heteroatoms. The summed E-state index contributed by atoms with van der Waals surface area (Å²) in [6.45, 7) is 1.99. The normalized spacial score (nSPS) is 14.8. The number of hydrogen-bond acceptors (Lipinski definition) is 6. The van der Waals surface area contributed by atoms with Crippen molar-refractivity contribution in [3.63, 3.8) is 0 Å². The Kier molecular flexibility index (Phi) is 7.22. The molecule has 1 aliphatic rings. The van der Waals surface area contributed by atoms with Crippen molar-refractivity contribution in [1.29, 1.82) is 0 Å². The summed E-state index contributed by atoms with van der Waals surface area (Å²) < 4.78 is 27.1. The van der Waals surface area contributed by atoms with Crippen molar-refractivity contribution in [2.45, 2.75) is 11.3 Å². The van der Waals surface area contributed by atoms with Gasteiger partial charge in [-0.15, -0.1) is 0 Å². The molecule has 2 aromatic carbocycles. The van der Waals surface area contributed by atoms with Gasteiger partial charge < -0.3 is 10.6 Å². The summed E-state index contributed by atoms with van der Waals surface area (Å²) >= 11 is 0. The first-order valence-electron chi connectivity index (χ1n) is 9.68. The third kappa shape index (κ3) is 5.06. The second-order valence-electron chi connectivity index (χ2n) is 6.92. The standard InChI is InChI=1S/C21H26N4O4S/c1-22-12-13-23-19-6-2-16(3-7-19)17-4-8-20(9-5-17)30(28,29)25-14-10-18(11-15-25)21(26)24-27/h2-10,22-23,27H,11-15H2,1H3,(H,24,26). The zero-order valence-electron chi connectivity index (χ0n) is 16.8. The van der Waals surface area contributed by atoms with Crippen molar-refractivity contribution < 1.29 is 18.4 Å². The molecule has 0 bridgehead atoms. The van der Waals surface area contributed by atoms with Gasteiger partial charge in [0.2, 0.25) is 10.0 Å². The number of sulfonamides is 1. The van der Waals surface area contributed by atoms with Crippen molar-refractivity contribution in [2.24, 2.45) is 0 Å². The first kappa shape index (κ1) is 22.0. The zero-order chi connectivity index (χ0) is 21.6. The first-order valence-corrected chi connectivity index (χ1v) is 11.1. The van der Waals surface area contributed by atoms with E-state index in [4.69, 9.17) is 5.21 Å². The minimum atomic E-state index is -3.66. The monoisotopic (exact) mass is 430 g/mol. The maximum atomic E-state index is 12.9. The Morgan fingerprint density at radius 3 is 2.20 bits per heavy atom. The Bertz CT molecular complexity index is 1000. The Morgan fingerprint density at radius 1 is 1.03 bits per heavy atom. The van der Waals surface area contributed by atoms with Crippen molar-refractivity contribution in [2.75, 3.05) is 38.5 Å². The van der Waals surface area contributed by atoms with Gasteiger partial charge in [-0.3, -0.25) is 10.0 Å². The van der Waals surface area contributed by atoms with Crippen LogP contribution in [-0.4, -0.2) is 57.1 Å². The highest BCUT2D eigenvalue weighted by Crippen LogP contribution is 2.25. The summed E-state index contributed by atoms with van der Waals surface area (Å²) in [6.07, 6.45) is 1.77. The smallest absolute Gasteiger partial charge is 0.270 e. The van der Waals surface area contributed by atoms with E-state index in [0.717, 1.165) is 29.9 Å². The number of rotatable bonds is 8. The highest BCUT2D eigenvalue weighted by Gasteiger charge is 2.27. The number of benzene rings is 2. The predicted octanol–water partition coefficient (Wildman–Crippen LogP) is 1.81. The van der Waals surface area contributed by atoms with Gasteiger partial charge in [0.25, 0.3) is 5.91 Å². The fourth-order valence-electron chi connectivity index (χ4n) is 3.23. The molecule has 30 heavy (non-hydrogen) atoms. The molecule has 0 aromatic heterocycles. The Morgan fingerprint density at radius 2 is 1.67 bits per heavy atom. The number of hydroxylamine groups is 1. The van der Waals surface area contributed by atoms with Crippen LogP contribution in [-0.2, 0) is 14.8 Å². The molecule has 0 aliphatic carbocycles. The van der Waals surface area contributed by atoms with Gasteiger partial charge in [0, 0.05) is 37.4 Å². The SMILES string of the molecule is CNCCNc1ccc(-c2ccc(S(=O)(=O)N3CC=C(C(=O)NO)CC3)cc2)cc1. The van der Waals surface area contributed by atoms with Crippen molar-refractivity contribution in [3.8, 4) is 11.1 Å². The number of nitrogens with zero attached hydrogens (tertiary/aromatic N) is 1. The van der Waals surface area contributed by atoms with E-state index in [1.807, 2.05) is 31.3 Å². The fourth-order valence-corrected chi connectivity index (χ4v) is 4.61. The maximum absolute atomic E-state index is 12.9. The number of amides is 1. The van der Waals surface area contributed by atoms with Crippen LogP contribution in [0.15, 0.2) is 65.1 Å². The molecule has 0 radical (unpaired) electrons. The van der Waals surface area contributed by atoms with Crippen LogP contribution in [0.3, 0.4) is 0 Å². The molecule has 3 rings (SSSR count). The van der Waals surface area contributed by atoms with E-state index in [1.54, 1.807) is 29.7 Å². The van der Waals surface area contributed by atoms with Gasteiger partial charge in [-0.2, -0.15) is 4.31 Å². The van der Waals surface area contributed by atoms with E-state index >= 15 is 0 Å². The molecule has 0 spiro atoms. The van der Waals surface area contributed by atoms with Crippen LogP contribution in [0.5, 0.6) is 0 Å². The van der Waals surface area contributed by atoms with E-state index < -0.39 is 15.9 Å². The molecule has 2 aromatic rings. The highest BCUT2D eigenvalue weighted by atomic mass is 32.2. The van der Waals surface area contributed by atoms with Crippen molar-refractivity contribution in [1.82, 2.24) is 15.1 Å². The molecule has 1 aliphatic heterocycles. The summed E-state index contributed by atoms with van der Waals surface area (Å²) in [7, 11) is -1.75. The van der Waals surface area contributed by atoms with Gasteiger partial charge in [0.15, 0.2) is 0 Å². The van der Waals surface area contributed by atoms with Crippen molar-refractivity contribution in [3.05, 3.63) is 60.2 Å². The molecule has 0 atom stereocenters. The summed E-state index contributed by atoms with van der Waals surface area (Å²) in [4.78, 5) is 11.7. The lowest BCUT2D eigenvalue weighted by atomic mass is 10.1. The molecule has 0 saturated heterocycles. The number of carbonyl (C=O) groups is 1. The third-order valence-electron chi connectivity index (χ3n) is 4.98. The molecular weight excluding hydrogens is 404 g/mol. The van der Waals surface area contributed by atoms with Crippen LogP contribution in [0.25, 0.3) is 11.1 Å². The Hall–Kier alpha value is -2.72. The van der Waals surface area contributed by atoms with Crippen LogP contribution in [0.1, 0.15) is 6.42 Å². The van der Waals surface area contributed by atoms with Gasteiger partial charge in [-0.1, -0.05) is 30.3 Å². The average Bonchev–Trinajstić information content (AvgIpc) is 2.79. The lowest BCUT2D eigenvalue weighted by Crippen LogP contribution is -2.37. The lowest BCUT2D eigenvalue weighted by molar-refractivity contribution is -0.125. The van der Waals surface area contributed by atoms with E-state index in [2.05, 4.69) is 10.6 Å². The van der Waals surface area contributed by atoms with Crippen LogP contribution < -0.4 is 16.1 Å². The van der Waals surface area contributed by atoms with Crippen LogP contribution >= 0.6 is 0 Å². The molecule has 160 valence electrons. The minimum absolute atomic E-state index is 0.0921. The second-order valence-corrected chi connectivity index (χ2v) is 8.85. The summed E-state index contributed by atoms with van der Waals surface area (Å²) in [6, 6.07) is 14.8. The van der Waals surface area contributed by atoms with Crippen LogP contribution in [0, 0.1) is 0 Å². The van der Waals surface area contributed by atoms with E-state index in [0.29, 0.717) is 5.57 Å². The average molecular weight is 431 g/mol. The fraction of sp³-hybridized carbons (Fsp3) is 0.286. The quantitative estimate of drug-likeness (QED) is 0.289. The van der Waals surface area contributed by atoms with E-state index in [1.165, 1.54) is 10.4 Å². The number of nitrogens with one attached hydrogen (secondary N) is 3. The highest BCUT2D eigenvalue weighted by molar-refractivity contribution is 7.89. The molecule has 8 nitrogen and oxygen atoms in total. The lowest BCUT2D eigenvalue weighted by Gasteiger charge is -2.25. The third-order valence-corrected chi connectivity index (χ3v) is 6.86. The Labute approximate surface area is 176 Å². The molecular formula is C21H26N4O4S. The molecule has 1 amide bonds. The zero-order valence-corrected chi connectivity index (χ0v) is 17.6. The predicted molar refractivity (Wildman–Crippen MR) is 116 cm³/mol. The van der Waals surface area contributed by atoms with Gasteiger partial charge >= 0.3 is 0 Å². The molecule has 1 heterocycles. The summed E-state index contributed by atoms with van der Waals surface area (Å²) in [5, 5.41) is 15.1. The second kappa shape index (κ2) is 9.86. The van der Waals surface area contributed by atoms with Gasteiger partial charge in [0.05, 0.1) is 4.90 Å². The largest absolute Gasteiger partial charge is 0.384 e. The van der Waals surface area contributed by atoms with Crippen LogP contribution in [0.2, 0.25) is 0 Å². The number of carbonyl (C=O) groups excluding carboxylic acids is 1. The van der Waals surface area contributed by atoms with E-state index in [-0.39, 0.29) is 24.4 Å². The minimum Gasteiger partial charge on any atom is -0.384 e. The molecule has 0 unspecified atom stereocenters.